The van der Waals surface area contributed by atoms with Crippen LogP contribution in [0.25, 0.3) is 0 Å². The summed E-state index contributed by atoms with van der Waals surface area (Å²) in [5, 5.41) is 0. The highest BCUT2D eigenvalue weighted by Crippen LogP contribution is 2.14. The number of thiol groups is 1. The summed E-state index contributed by atoms with van der Waals surface area (Å²) in [7, 11) is 0. The Bertz CT molecular complexity index is 96.6. The first-order valence-corrected chi connectivity index (χ1v) is 3.50. The minimum Gasteiger partial charge on any atom is -0.372 e. The van der Waals surface area contributed by atoms with Crippen LogP contribution in [0.5, 0.6) is 0 Å². The summed E-state index contributed by atoms with van der Waals surface area (Å²) in [5.41, 5.74) is 0. The predicted octanol–water partition coefficient (Wildman–Crippen LogP) is 1.42. The van der Waals surface area contributed by atoms with Gasteiger partial charge in [0, 0.05) is 6.61 Å². The predicted molar refractivity (Wildman–Crippen MR) is 40.6 cm³/mol. The van der Waals surface area contributed by atoms with E-state index in [9.17, 15) is 0 Å². The molecule has 0 aromatic carbocycles. The standard InChI is InChI=1S/C5H8OS2/c7-5(8)4-2-1-3-6-4/h4H,1-3H2,(H,7,8). The van der Waals surface area contributed by atoms with E-state index in [2.05, 4.69) is 12.6 Å². The molecule has 0 aromatic rings. The molecule has 1 rings (SSSR count). The second kappa shape index (κ2) is 2.80. The third-order valence-corrected chi connectivity index (χ3v) is 1.76. The first-order chi connectivity index (χ1) is 3.80. The fraction of sp³-hybridized carbons (Fsp3) is 0.800. The number of ether oxygens (including phenoxy) is 1. The van der Waals surface area contributed by atoms with E-state index in [0.29, 0.717) is 4.20 Å². The SMILES string of the molecule is S=C(S)C1CCCO1. The largest absolute Gasteiger partial charge is 0.372 e. The molecule has 1 nitrogen and oxygen atoms in total. The molecule has 1 saturated heterocycles. The highest BCUT2D eigenvalue weighted by Gasteiger charge is 2.16. The van der Waals surface area contributed by atoms with Crippen LogP contribution >= 0.6 is 24.8 Å². The molecule has 0 bridgehead atoms. The fourth-order valence-electron chi connectivity index (χ4n) is 0.772. The van der Waals surface area contributed by atoms with Crippen molar-refractivity contribution in [1.29, 1.82) is 0 Å². The zero-order valence-corrected chi connectivity index (χ0v) is 6.17. The lowest BCUT2D eigenvalue weighted by atomic mass is 10.3. The van der Waals surface area contributed by atoms with Crippen LogP contribution in [0.1, 0.15) is 12.8 Å². The van der Waals surface area contributed by atoms with Crippen LogP contribution in [0.15, 0.2) is 0 Å². The summed E-state index contributed by atoms with van der Waals surface area (Å²) < 4.78 is 5.89. The van der Waals surface area contributed by atoms with Gasteiger partial charge in [0.15, 0.2) is 0 Å². The minimum atomic E-state index is 0.160. The molecule has 0 spiro atoms. The lowest BCUT2D eigenvalue weighted by Gasteiger charge is -2.02. The maximum absolute atomic E-state index is 5.20. The van der Waals surface area contributed by atoms with Gasteiger partial charge in [0.25, 0.3) is 0 Å². The van der Waals surface area contributed by atoms with Crippen LogP contribution in [0.2, 0.25) is 0 Å². The van der Waals surface area contributed by atoms with Gasteiger partial charge in [0.05, 0.1) is 10.3 Å². The number of hydrogen-bond donors (Lipinski definition) is 1. The van der Waals surface area contributed by atoms with Crippen molar-refractivity contribution in [3.8, 4) is 0 Å². The van der Waals surface area contributed by atoms with E-state index >= 15 is 0 Å². The Labute approximate surface area is 59.8 Å². The zero-order valence-electron chi connectivity index (χ0n) is 4.46. The van der Waals surface area contributed by atoms with Gasteiger partial charge in [-0.3, -0.25) is 0 Å². The Balaban J connectivity index is 2.35. The zero-order chi connectivity index (χ0) is 5.98. The summed E-state index contributed by atoms with van der Waals surface area (Å²) in [5.74, 6) is 0. The van der Waals surface area contributed by atoms with Crippen LogP contribution in [0.4, 0.5) is 0 Å². The Hall–Kier alpha value is 0.400. The van der Waals surface area contributed by atoms with Gasteiger partial charge >= 0.3 is 0 Å². The quantitative estimate of drug-likeness (QED) is 0.445. The van der Waals surface area contributed by atoms with E-state index < -0.39 is 0 Å². The summed E-state index contributed by atoms with van der Waals surface area (Å²) in [6.07, 6.45) is 2.35. The number of hydrogen-bond acceptors (Lipinski definition) is 2. The van der Waals surface area contributed by atoms with Gasteiger partial charge in [-0.15, -0.1) is 12.6 Å². The van der Waals surface area contributed by atoms with E-state index in [1.54, 1.807) is 0 Å². The molecule has 0 aliphatic carbocycles. The van der Waals surface area contributed by atoms with Crippen molar-refractivity contribution in [2.45, 2.75) is 18.9 Å². The van der Waals surface area contributed by atoms with Crippen molar-refractivity contribution in [3.05, 3.63) is 0 Å². The molecule has 0 amide bonds. The molecular formula is C5H8OS2. The van der Waals surface area contributed by atoms with Crippen molar-refractivity contribution in [2.75, 3.05) is 6.61 Å². The molecular weight excluding hydrogens is 140 g/mol. The van der Waals surface area contributed by atoms with E-state index in [4.69, 9.17) is 17.0 Å². The van der Waals surface area contributed by atoms with E-state index in [-0.39, 0.29) is 6.10 Å². The molecule has 1 unspecified atom stereocenters. The Morgan fingerprint density at radius 3 is 2.75 bits per heavy atom. The second-order valence-electron chi connectivity index (χ2n) is 1.84. The van der Waals surface area contributed by atoms with E-state index in [1.165, 1.54) is 0 Å². The third kappa shape index (κ3) is 1.44. The van der Waals surface area contributed by atoms with Gasteiger partial charge in [-0.05, 0) is 12.8 Å². The normalized spacial score (nSPS) is 28.4. The van der Waals surface area contributed by atoms with Gasteiger partial charge in [0.1, 0.15) is 0 Å². The summed E-state index contributed by atoms with van der Waals surface area (Å²) >= 11 is 8.79. The van der Waals surface area contributed by atoms with Crippen molar-refractivity contribution < 1.29 is 4.74 Å². The Kier molecular flexibility index (Phi) is 2.28. The molecule has 1 aliphatic rings. The maximum atomic E-state index is 5.20. The molecule has 3 heteroatoms. The summed E-state index contributed by atoms with van der Waals surface area (Å²) in [6, 6.07) is 0. The molecule has 1 atom stereocenters. The highest BCUT2D eigenvalue weighted by molar-refractivity contribution is 8.11. The van der Waals surface area contributed by atoms with Gasteiger partial charge in [-0.1, -0.05) is 12.2 Å². The van der Waals surface area contributed by atoms with E-state index in [1.807, 2.05) is 0 Å². The average Bonchev–Trinajstić information content (AvgIpc) is 2.12. The lowest BCUT2D eigenvalue weighted by Crippen LogP contribution is -2.10. The molecule has 46 valence electrons. The molecule has 1 fully saturated rings. The third-order valence-electron chi connectivity index (χ3n) is 1.21. The number of thiocarbonyl (C=S) groups is 1. The van der Waals surface area contributed by atoms with Crippen LogP contribution < -0.4 is 0 Å². The molecule has 8 heavy (non-hydrogen) atoms. The highest BCUT2D eigenvalue weighted by atomic mass is 32.1. The first-order valence-electron chi connectivity index (χ1n) is 2.65. The van der Waals surface area contributed by atoms with Crippen LogP contribution in [0.3, 0.4) is 0 Å². The Morgan fingerprint density at radius 2 is 2.50 bits per heavy atom. The molecule has 0 saturated carbocycles. The first kappa shape index (κ1) is 6.52. The van der Waals surface area contributed by atoms with Crippen LogP contribution in [-0.4, -0.2) is 16.9 Å². The van der Waals surface area contributed by atoms with Gasteiger partial charge in [-0.2, -0.15) is 0 Å². The average molecular weight is 148 g/mol. The monoisotopic (exact) mass is 148 g/mol. The minimum absolute atomic E-state index is 0.160. The molecule has 1 heterocycles. The Morgan fingerprint density at radius 1 is 1.75 bits per heavy atom. The molecule has 0 N–H and O–H groups in total. The maximum Gasteiger partial charge on any atom is 0.0983 e. The van der Waals surface area contributed by atoms with Crippen molar-refractivity contribution in [3.63, 3.8) is 0 Å². The smallest absolute Gasteiger partial charge is 0.0983 e. The van der Waals surface area contributed by atoms with Gasteiger partial charge in [0.2, 0.25) is 0 Å². The molecule has 0 aromatic heterocycles. The summed E-state index contributed by atoms with van der Waals surface area (Å²) in [6.45, 7) is 0.853. The van der Waals surface area contributed by atoms with Gasteiger partial charge in [-0.25, -0.2) is 0 Å². The number of rotatable bonds is 1. The second-order valence-corrected chi connectivity index (χ2v) is 3.06. The van der Waals surface area contributed by atoms with Crippen molar-refractivity contribution >= 4 is 29.0 Å². The molecule has 1 aliphatic heterocycles. The summed E-state index contributed by atoms with van der Waals surface area (Å²) in [4.78, 5) is 0. The van der Waals surface area contributed by atoms with Gasteiger partial charge < -0.3 is 4.74 Å². The lowest BCUT2D eigenvalue weighted by molar-refractivity contribution is 0.162. The van der Waals surface area contributed by atoms with Crippen LogP contribution in [0, 0.1) is 0 Å². The molecule has 0 radical (unpaired) electrons. The van der Waals surface area contributed by atoms with E-state index in [0.717, 1.165) is 19.4 Å². The van der Waals surface area contributed by atoms with Crippen molar-refractivity contribution in [1.82, 2.24) is 0 Å². The fourth-order valence-corrected chi connectivity index (χ4v) is 1.16. The van der Waals surface area contributed by atoms with Crippen LogP contribution in [-0.2, 0) is 4.74 Å². The topological polar surface area (TPSA) is 9.23 Å². The van der Waals surface area contributed by atoms with Crippen molar-refractivity contribution in [2.24, 2.45) is 0 Å².